The fourth-order valence-electron chi connectivity index (χ4n) is 7.66. The first-order chi connectivity index (χ1) is 27.3. The first-order valence-electron chi connectivity index (χ1n) is 18.8. The molecule has 0 spiro atoms. The molecule has 56 heavy (non-hydrogen) atoms. The quantitative estimate of drug-likeness (QED) is 0.107. The Labute approximate surface area is 332 Å². The van der Waals surface area contributed by atoms with E-state index in [9.17, 15) is 19.5 Å². The predicted octanol–water partition coefficient (Wildman–Crippen LogP) is 10.0. The first kappa shape index (κ1) is 38.2. The monoisotopic (exact) mass is 760 g/mol. The highest BCUT2D eigenvalue weighted by Crippen LogP contribution is 2.48. The zero-order chi connectivity index (χ0) is 39.1. The highest BCUT2D eigenvalue weighted by atomic mass is 32.2. The zero-order valence-corrected chi connectivity index (χ0v) is 32.2. The van der Waals surface area contributed by atoms with Gasteiger partial charge in [0.15, 0.2) is 0 Å². The summed E-state index contributed by atoms with van der Waals surface area (Å²) in [5.74, 6) is -1.28. The van der Waals surface area contributed by atoms with Gasteiger partial charge in [-0.2, -0.15) is 0 Å². The van der Waals surface area contributed by atoms with Gasteiger partial charge in [0.1, 0.15) is 12.6 Å². The molecule has 8 heteroatoms. The summed E-state index contributed by atoms with van der Waals surface area (Å²) in [5, 5.41) is 12.5. The molecule has 2 amide bonds. The van der Waals surface area contributed by atoms with Gasteiger partial charge in [0.25, 0.3) is 0 Å². The molecular formula is C48H44N2O5S. The van der Waals surface area contributed by atoms with Crippen LogP contribution in [0.4, 0.5) is 10.5 Å². The number of ether oxygens (including phenoxy) is 1. The van der Waals surface area contributed by atoms with Crippen LogP contribution in [0.25, 0.3) is 11.1 Å². The van der Waals surface area contributed by atoms with E-state index in [4.69, 9.17) is 4.74 Å². The summed E-state index contributed by atoms with van der Waals surface area (Å²) in [6, 6.07) is 52.7. The van der Waals surface area contributed by atoms with Gasteiger partial charge in [-0.15, -0.1) is 11.8 Å². The molecule has 0 saturated heterocycles. The lowest BCUT2D eigenvalue weighted by Gasteiger charge is -2.36. The van der Waals surface area contributed by atoms with Crippen LogP contribution in [0.2, 0.25) is 0 Å². The Kier molecular flexibility index (Phi) is 11.7. The number of nitrogens with one attached hydrogen (secondary N) is 1. The third-order valence-electron chi connectivity index (χ3n) is 10.4. The number of aromatic carboxylic acids is 1. The SMILES string of the molecule is CC(C)[C@H](NC(=O)OCC1c2ccccc2-c2ccccc21)C(=O)N(CCSC(c1ccccc1)(c1ccccc1)c1ccccc1)c1ccc(C(=O)O)cc1. The number of carboxylic acids is 1. The van der Waals surface area contributed by atoms with Gasteiger partial charge in [-0.25, -0.2) is 9.59 Å². The number of carboxylic acid groups (broad SMARTS) is 1. The van der Waals surface area contributed by atoms with Gasteiger partial charge in [0, 0.05) is 23.9 Å². The van der Waals surface area contributed by atoms with E-state index in [0.717, 1.165) is 38.9 Å². The number of benzene rings is 6. The maximum atomic E-state index is 14.7. The van der Waals surface area contributed by atoms with Crippen LogP contribution in [0.1, 0.15) is 57.9 Å². The second-order valence-electron chi connectivity index (χ2n) is 14.2. The molecule has 6 aromatic rings. The number of rotatable bonds is 14. The number of hydrogen-bond donors (Lipinski definition) is 2. The average Bonchev–Trinajstić information content (AvgIpc) is 3.56. The molecular weight excluding hydrogens is 717 g/mol. The summed E-state index contributed by atoms with van der Waals surface area (Å²) in [5.41, 5.74) is 8.41. The summed E-state index contributed by atoms with van der Waals surface area (Å²) in [7, 11) is 0. The van der Waals surface area contributed by atoms with E-state index in [-0.39, 0.29) is 36.5 Å². The third-order valence-corrected chi connectivity index (χ3v) is 11.9. The van der Waals surface area contributed by atoms with Gasteiger partial charge in [0.05, 0.1) is 10.3 Å². The van der Waals surface area contributed by atoms with Gasteiger partial charge in [-0.3, -0.25) is 4.79 Å². The molecule has 0 bridgehead atoms. The standard InChI is InChI=1S/C48H44N2O5S/c1-33(2)44(49-47(54)55-32-43-41-24-14-12-22-39(41)40-23-13-15-25-42(40)43)45(51)50(38-28-26-34(27-29-38)46(52)53)30-31-56-48(35-16-6-3-7-17-35,36-18-8-4-9-19-36)37-20-10-5-11-21-37/h3-29,33,43-44H,30-32H2,1-2H3,(H,49,54)(H,52,53)/t44-/m0/s1. The number of fused-ring (bicyclic) bond motifs is 3. The molecule has 0 fully saturated rings. The van der Waals surface area contributed by atoms with Crippen LogP contribution >= 0.6 is 11.8 Å². The van der Waals surface area contributed by atoms with Crippen molar-refractivity contribution in [3.63, 3.8) is 0 Å². The van der Waals surface area contributed by atoms with E-state index in [1.807, 2.05) is 92.7 Å². The van der Waals surface area contributed by atoms with Crippen molar-refractivity contribution >= 4 is 35.4 Å². The van der Waals surface area contributed by atoms with Crippen molar-refractivity contribution in [2.45, 2.75) is 30.6 Å². The third kappa shape index (κ3) is 7.84. The predicted molar refractivity (Wildman–Crippen MR) is 224 cm³/mol. The largest absolute Gasteiger partial charge is 0.478 e. The minimum absolute atomic E-state index is 0.115. The lowest BCUT2D eigenvalue weighted by Crippen LogP contribution is -2.52. The van der Waals surface area contributed by atoms with Crippen molar-refractivity contribution in [2.75, 3.05) is 23.8 Å². The topological polar surface area (TPSA) is 95.9 Å². The second kappa shape index (κ2) is 17.1. The number of thioether (sulfide) groups is 1. The summed E-state index contributed by atoms with van der Waals surface area (Å²) in [4.78, 5) is 41.7. The number of alkyl carbamates (subject to hydrolysis) is 1. The van der Waals surface area contributed by atoms with Crippen LogP contribution in [-0.2, 0) is 14.3 Å². The Hall–Kier alpha value is -6.12. The molecule has 7 rings (SSSR count). The molecule has 0 aliphatic heterocycles. The van der Waals surface area contributed by atoms with E-state index in [1.165, 1.54) is 12.1 Å². The van der Waals surface area contributed by atoms with Gasteiger partial charge >= 0.3 is 12.1 Å². The maximum absolute atomic E-state index is 14.7. The van der Waals surface area contributed by atoms with E-state index in [1.54, 1.807) is 28.8 Å². The van der Waals surface area contributed by atoms with Crippen LogP contribution in [0, 0.1) is 5.92 Å². The molecule has 1 aliphatic carbocycles. The summed E-state index contributed by atoms with van der Waals surface area (Å²) in [6.07, 6.45) is -0.675. The molecule has 0 radical (unpaired) electrons. The van der Waals surface area contributed by atoms with Crippen molar-refractivity contribution in [1.29, 1.82) is 0 Å². The Morgan fingerprint density at radius 1 is 0.679 bits per heavy atom. The fraction of sp³-hybridized carbons (Fsp3) is 0.188. The normalized spacial score (nSPS) is 12.7. The smallest absolute Gasteiger partial charge is 0.407 e. The number of amides is 2. The van der Waals surface area contributed by atoms with Crippen molar-refractivity contribution in [3.05, 3.63) is 197 Å². The van der Waals surface area contributed by atoms with Crippen molar-refractivity contribution in [3.8, 4) is 11.1 Å². The molecule has 0 saturated carbocycles. The number of carbonyl (C=O) groups excluding carboxylic acids is 2. The lowest BCUT2D eigenvalue weighted by atomic mass is 9.84. The lowest BCUT2D eigenvalue weighted by molar-refractivity contribution is -0.121. The molecule has 0 aromatic heterocycles. The molecule has 282 valence electrons. The van der Waals surface area contributed by atoms with Crippen LogP contribution in [0.3, 0.4) is 0 Å². The van der Waals surface area contributed by atoms with E-state index in [0.29, 0.717) is 11.4 Å². The highest BCUT2D eigenvalue weighted by molar-refractivity contribution is 8.00. The summed E-state index contributed by atoms with van der Waals surface area (Å²) < 4.78 is 5.27. The molecule has 2 N–H and O–H groups in total. The molecule has 6 aromatic carbocycles. The maximum Gasteiger partial charge on any atom is 0.407 e. The number of anilines is 1. The minimum Gasteiger partial charge on any atom is -0.478 e. The van der Waals surface area contributed by atoms with Crippen molar-refractivity contribution in [1.82, 2.24) is 5.32 Å². The van der Waals surface area contributed by atoms with Gasteiger partial charge in [-0.1, -0.05) is 153 Å². The number of hydrogen-bond acceptors (Lipinski definition) is 5. The molecule has 0 heterocycles. The van der Waals surface area contributed by atoms with Crippen molar-refractivity contribution in [2.24, 2.45) is 5.92 Å². The van der Waals surface area contributed by atoms with Gasteiger partial charge in [-0.05, 0) is 69.1 Å². The molecule has 1 aliphatic rings. The van der Waals surface area contributed by atoms with Gasteiger partial charge < -0.3 is 20.1 Å². The van der Waals surface area contributed by atoms with E-state index < -0.39 is 22.9 Å². The van der Waals surface area contributed by atoms with Crippen LogP contribution in [-0.4, -0.2) is 48.0 Å². The number of nitrogens with zero attached hydrogens (tertiary/aromatic N) is 1. The average molecular weight is 761 g/mol. The number of carbonyl (C=O) groups is 3. The molecule has 7 nitrogen and oxygen atoms in total. The zero-order valence-electron chi connectivity index (χ0n) is 31.4. The summed E-state index contributed by atoms with van der Waals surface area (Å²) >= 11 is 1.72. The Balaban J connectivity index is 1.15. The minimum atomic E-state index is -1.06. The van der Waals surface area contributed by atoms with Crippen LogP contribution < -0.4 is 10.2 Å². The second-order valence-corrected chi connectivity index (χ2v) is 15.5. The summed E-state index contributed by atoms with van der Waals surface area (Å²) in [6.45, 7) is 4.17. The van der Waals surface area contributed by atoms with Crippen molar-refractivity contribution < 1.29 is 24.2 Å². The van der Waals surface area contributed by atoms with Crippen LogP contribution in [0.15, 0.2) is 164 Å². The van der Waals surface area contributed by atoms with Crippen LogP contribution in [0.5, 0.6) is 0 Å². The Morgan fingerprint density at radius 3 is 1.61 bits per heavy atom. The van der Waals surface area contributed by atoms with E-state index >= 15 is 0 Å². The highest BCUT2D eigenvalue weighted by Gasteiger charge is 2.38. The van der Waals surface area contributed by atoms with E-state index in [2.05, 4.69) is 66.0 Å². The first-order valence-corrected chi connectivity index (χ1v) is 19.8. The molecule has 1 atom stereocenters. The van der Waals surface area contributed by atoms with Gasteiger partial charge in [0.2, 0.25) is 5.91 Å². The Morgan fingerprint density at radius 2 is 1.14 bits per heavy atom. The fourth-order valence-corrected chi connectivity index (χ4v) is 9.15. The molecule has 0 unspecified atom stereocenters. The Bertz CT molecular complexity index is 2140.